The van der Waals surface area contributed by atoms with Gasteiger partial charge in [0.05, 0.1) is 0 Å². The fourth-order valence-corrected chi connectivity index (χ4v) is 2.66. The van der Waals surface area contributed by atoms with Gasteiger partial charge in [-0.1, -0.05) is 32.6 Å². The van der Waals surface area contributed by atoms with Crippen molar-refractivity contribution < 1.29 is 0 Å². The summed E-state index contributed by atoms with van der Waals surface area (Å²) in [6.07, 6.45) is 10.2. The van der Waals surface area contributed by atoms with Crippen LogP contribution in [0, 0.1) is 11.8 Å². The van der Waals surface area contributed by atoms with Gasteiger partial charge in [-0.2, -0.15) is 0 Å². The summed E-state index contributed by atoms with van der Waals surface area (Å²) in [5.74, 6) is 2.02. The Morgan fingerprint density at radius 1 is 1.15 bits per heavy atom. The molecule has 0 aliphatic heterocycles. The zero-order valence-electron chi connectivity index (χ0n) is 8.89. The molecule has 2 rings (SSSR count). The van der Waals surface area contributed by atoms with Gasteiger partial charge in [-0.3, -0.25) is 0 Å². The van der Waals surface area contributed by atoms with Gasteiger partial charge in [0, 0.05) is 6.04 Å². The zero-order chi connectivity index (χ0) is 9.10. The van der Waals surface area contributed by atoms with Crippen LogP contribution in [0.15, 0.2) is 0 Å². The molecule has 0 saturated heterocycles. The van der Waals surface area contributed by atoms with Crippen LogP contribution in [0.4, 0.5) is 0 Å². The van der Waals surface area contributed by atoms with Crippen molar-refractivity contribution in [3.8, 4) is 0 Å². The molecule has 1 nitrogen and oxygen atoms in total. The van der Waals surface area contributed by atoms with Crippen molar-refractivity contribution in [2.45, 2.75) is 57.9 Å². The highest BCUT2D eigenvalue weighted by Gasteiger charge is 2.34. The van der Waals surface area contributed by atoms with E-state index >= 15 is 0 Å². The van der Waals surface area contributed by atoms with Crippen LogP contribution in [-0.4, -0.2) is 12.6 Å². The standard InChI is InChI=1S/C12H23N/c1-2-11-8-12(11)13-9-10-6-4-3-5-7-10/h10-13H,2-9H2,1H3. The van der Waals surface area contributed by atoms with Gasteiger partial charge in [-0.15, -0.1) is 0 Å². The summed E-state index contributed by atoms with van der Waals surface area (Å²) in [4.78, 5) is 0. The molecule has 2 unspecified atom stereocenters. The molecule has 1 N–H and O–H groups in total. The third-order valence-electron chi connectivity index (χ3n) is 3.84. The highest BCUT2D eigenvalue weighted by Crippen LogP contribution is 2.33. The van der Waals surface area contributed by atoms with E-state index in [-0.39, 0.29) is 0 Å². The third-order valence-corrected chi connectivity index (χ3v) is 3.84. The van der Waals surface area contributed by atoms with Crippen LogP contribution in [0.2, 0.25) is 0 Å². The van der Waals surface area contributed by atoms with Gasteiger partial charge < -0.3 is 5.32 Å². The number of rotatable bonds is 4. The first-order valence-electron chi connectivity index (χ1n) is 6.13. The van der Waals surface area contributed by atoms with E-state index in [2.05, 4.69) is 12.2 Å². The summed E-state index contributed by atoms with van der Waals surface area (Å²) in [7, 11) is 0. The van der Waals surface area contributed by atoms with Crippen molar-refractivity contribution in [2.24, 2.45) is 11.8 Å². The van der Waals surface area contributed by atoms with Gasteiger partial charge in [0.15, 0.2) is 0 Å². The highest BCUT2D eigenvalue weighted by molar-refractivity contribution is 4.92. The van der Waals surface area contributed by atoms with Crippen LogP contribution in [0.5, 0.6) is 0 Å². The molecule has 2 atom stereocenters. The minimum atomic E-state index is 0.895. The monoisotopic (exact) mass is 181 g/mol. The molecule has 0 aromatic heterocycles. The minimum absolute atomic E-state index is 0.895. The molecular weight excluding hydrogens is 158 g/mol. The predicted octanol–water partition coefficient (Wildman–Crippen LogP) is 2.95. The molecule has 0 amide bonds. The molecule has 0 radical (unpaired) electrons. The van der Waals surface area contributed by atoms with Crippen molar-refractivity contribution >= 4 is 0 Å². The lowest BCUT2D eigenvalue weighted by Crippen LogP contribution is -2.27. The largest absolute Gasteiger partial charge is 0.313 e. The van der Waals surface area contributed by atoms with Crippen LogP contribution in [-0.2, 0) is 0 Å². The van der Waals surface area contributed by atoms with Crippen LogP contribution in [0.1, 0.15) is 51.9 Å². The molecule has 0 spiro atoms. The van der Waals surface area contributed by atoms with Gasteiger partial charge in [-0.05, 0) is 37.6 Å². The average Bonchev–Trinajstić information content (AvgIpc) is 2.95. The van der Waals surface area contributed by atoms with E-state index in [1.54, 1.807) is 0 Å². The fourth-order valence-electron chi connectivity index (χ4n) is 2.66. The molecule has 2 fully saturated rings. The van der Waals surface area contributed by atoms with Crippen LogP contribution < -0.4 is 5.32 Å². The van der Waals surface area contributed by atoms with E-state index in [1.807, 2.05) is 0 Å². The maximum atomic E-state index is 3.73. The van der Waals surface area contributed by atoms with Gasteiger partial charge in [0.2, 0.25) is 0 Å². The Hall–Kier alpha value is -0.0400. The van der Waals surface area contributed by atoms with E-state index < -0.39 is 0 Å². The lowest BCUT2D eigenvalue weighted by molar-refractivity contribution is 0.339. The summed E-state index contributed by atoms with van der Waals surface area (Å²) in [6, 6.07) is 0.895. The molecule has 2 aliphatic carbocycles. The van der Waals surface area contributed by atoms with Crippen LogP contribution >= 0.6 is 0 Å². The Bertz CT molecular complexity index is 149. The van der Waals surface area contributed by atoms with Crippen molar-refractivity contribution in [3.05, 3.63) is 0 Å². The number of hydrogen-bond donors (Lipinski definition) is 1. The van der Waals surface area contributed by atoms with Crippen molar-refractivity contribution in [3.63, 3.8) is 0 Å². The lowest BCUT2D eigenvalue weighted by Gasteiger charge is -2.21. The van der Waals surface area contributed by atoms with Crippen LogP contribution in [0.3, 0.4) is 0 Å². The number of hydrogen-bond acceptors (Lipinski definition) is 1. The van der Waals surface area contributed by atoms with Crippen molar-refractivity contribution in [1.82, 2.24) is 5.32 Å². The molecular formula is C12H23N. The van der Waals surface area contributed by atoms with Gasteiger partial charge in [0.25, 0.3) is 0 Å². The summed E-state index contributed by atoms with van der Waals surface area (Å²) < 4.78 is 0. The van der Waals surface area contributed by atoms with E-state index in [1.165, 1.54) is 51.5 Å². The molecule has 0 aromatic rings. The molecule has 0 aromatic carbocycles. The third kappa shape index (κ3) is 2.70. The Balaban J connectivity index is 1.57. The second-order valence-corrected chi connectivity index (χ2v) is 4.92. The quantitative estimate of drug-likeness (QED) is 0.703. The minimum Gasteiger partial charge on any atom is -0.313 e. The molecule has 2 saturated carbocycles. The summed E-state index contributed by atoms with van der Waals surface area (Å²) in [6.45, 7) is 3.62. The SMILES string of the molecule is CCC1CC1NCC1CCCCC1. The maximum Gasteiger partial charge on any atom is 0.00991 e. The second-order valence-electron chi connectivity index (χ2n) is 4.92. The Morgan fingerprint density at radius 2 is 1.92 bits per heavy atom. The summed E-state index contributed by atoms with van der Waals surface area (Å²) in [5.41, 5.74) is 0. The van der Waals surface area contributed by atoms with Crippen molar-refractivity contribution in [2.75, 3.05) is 6.54 Å². The molecule has 76 valence electrons. The first kappa shape index (κ1) is 9.51. The second kappa shape index (κ2) is 4.45. The molecule has 13 heavy (non-hydrogen) atoms. The smallest absolute Gasteiger partial charge is 0.00991 e. The molecule has 0 heterocycles. The lowest BCUT2D eigenvalue weighted by atomic mass is 9.89. The van der Waals surface area contributed by atoms with Gasteiger partial charge in [0.1, 0.15) is 0 Å². The number of nitrogens with one attached hydrogen (secondary N) is 1. The molecule has 2 aliphatic rings. The first-order valence-corrected chi connectivity index (χ1v) is 6.13. The van der Waals surface area contributed by atoms with E-state index in [9.17, 15) is 0 Å². The topological polar surface area (TPSA) is 12.0 Å². The summed E-state index contributed by atoms with van der Waals surface area (Å²) in [5, 5.41) is 3.73. The van der Waals surface area contributed by atoms with Gasteiger partial charge >= 0.3 is 0 Å². The van der Waals surface area contributed by atoms with Crippen LogP contribution in [0.25, 0.3) is 0 Å². The molecule has 0 bridgehead atoms. The van der Waals surface area contributed by atoms with E-state index in [4.69, 9.17) is 0 Å². The first-order chi connectivity index (χ1) is 6.40. The fraction of sp³-hybridized carbons (Fsp3) is 1.00. The highest BCUT2D eigenvalue weighted by atomic mass is 15.0. The average molecular weight is 181 g/mol. The molecule has 1 heteroatoms. The Kier molecular flexibility index (Phi) is 3.26. The predicted molar refractivity (Wildman–Crippen MR) is 56.8 cm³/mol. The maximum absolute atomic E-state index is 3.73. The summed E-state index contributed by atoms with van der Waals surface area (Å²) >= 11 is 0. The Labute approximate surface area is 82.3 Å². The zero-order valence-corrected chi connectivity index (χ0v) is 8.89. The van der Waals surface area contributed by atoms with Crippen molar-refractivity contribution in [1.29, 1.82) is 0 Å². The van der Waals surface area contributed by atoms with E-state index in [0.717, 1.165) is 17.9 Å². The normalized spacial score (nSPS) is 34.8. The van der Waals surface area contributed by atoms with Gasteiger partial charge in [-0.25, -0.2) is 0 Å². The Morgan fingerprint density at radius 3 is 2.54 bits per heavy atom. The van der Waals surface area contributed by atoms with E-state index in [0.29, 0.717) is 0 Å².